The van der Waals surface area contributed by atoms with Gasteiger partial charge in [0, 0.05) is 0 Å². The molecular weight excluding hydrogens is 299 g/mol. The third-order valence-corrected chi connectivity index (χ3v) is 3.49. The van der Waals surface area contributed by atoms with Crippen LogP contribution >= 0.6 is 23.2 Å². The number of hydrogen-bond donors (Lipinski definition) is 1. The summed E-state index contributed by atoms with van der Waals surface area (Å²) in [5, 5.41) is 27.7. The summed E-state index contributed by atoms with van der Waals surface area (Å²) < 4.78 is 5.66. The molecule has 4 nitrogen and oxygen atoms in total. The molecule has 0 radical (unpaired) electrons. The fraction of sp³-hybridized carbons (Fsp3) is 0.429. The molecule has 0 bridgehead atoms. The smallest absolute Gasteiger partial charge is 0.159 e. The molecule has 20 heavy (non-hydrogen) atoms. The van der Waals surface area contributed by atoms with E-state index in [0.29, 0.717) is 5.92 Å². The van der Waals surface area contributed by atoms with Gasteiger partial charge in [0.05, 0.1) is 6.10 Å². The van der Waals surface area contributed by atoms with Crippen LogP contribution in [-0.2, 0) is 0 Å². The van der Waals surface area contributed by atoms with Gasteiger partial charge in [0.15, 0.2) is 11.5 Å². The number of ether oxygens (including phenoxy) is 1. The highest BCUT2D eigenvalue weighted by Crippen LogP contribution is 2.44. The maximum Gasteiger partial charge on any atom is 0.159 e. The van der Waals surface area contributed by atoms with Crippen molar-refractivity contribution in [3.63, 3.8) is 0 Å². The van der Waals surface area contributed by atoms with Gasteiger partial charge in [-0.25, -0.2) is 0 Å². The molecule has 1 unspecified atom stereocenters. The molecule has 0 aromatic heterocycles. The summed E-state index contributed by atoms with van der Waals surface area (Å²) in [6.07, 6.45) is 0.549. The first-order valence-corrected chi connectivity index (χ1v) is 6.79. The lowest BCUT2D eigenvalue weighted by molar-refractivity contribution is 0.192. The molecule has 0 heterocycles. The van der Waals surface area contributed by atoms with E-state index >= 15 is 0 Å². The van der Waals surface area contributed by atoms with Crippen molar-refractivity contribution in [2.45, 2.75) is 33.3 Å². The Balaban J connectivity index is 3.36. The summed E-state index contributed by atoms with van der Waals surface area (Å²) in [7, 11) is 0. The Morgan fingerprint density at radius 3 is 2.10 bits per heavy atom. The van der Waals surface area contributed by atoms with E-state index in [1.54, 1.807) is 6.07 Å². The van der Waals surface area contributed by atoms with Crippen LogP contribution in [0, 0.1) is 28.6 Å². The summed E-state index contributed by atoms with van der Waals surface area (Å²) in [6, 6.07) is 3.57. The molecule has 0 saturated heterocycles. The van der Waals surface area contributed by atoms with E-state index in [-0.39, 0.29) is 33.0 Å². The van der Waals surface area contributed by atoms with Crippen LogP contribution in [0.3, 0.4) is 0 Å². The third kappa shape index (κ3) is 3.28. The fourth-order valence-corrected chi connectivity index (χ4v) is 2.30. The van der Waals surface area contributed by atoms with Gasteiger partial charge in [-0.15, -0.1) is 0 Å². The van der Waals surface area contributed by atoms with Gasteiger partial charge in [-0.05, 0) is 19.3 Å². The summed E-state index contributed by atoms with van der Waals surface area (Å²) in [5.41, 5.74) is -0.330. The molecule has 1 rings (SSSR count). The average Bonchev–Trinajstić information content (AvgIpc) is 2.38. The molecule has 1 atom stereocenters. The zero-order valence-electron chi connectivity index (χ0n) is 11.4. The van der Waals surface area contributed by atoms with Crippen LogP contribution in [0.25, 0.3) is 0 Å². The molecule has 1 N–H and O–H groups in total. The number of phenols is 1. The third-order valence-electron chi connectivity index (χ3n) is 2.66. The van der Waals surface area contributed by atoms with Crippen LogP contribution in [0.5, 0.6) is 11.5 Å². The van der Waals surface area contributed by atoms with Crippen LogP contribution in [0.15, 0.2) is 0 Å². The van der Waals surface area contributed by atoms with Gasteiger partial charge < -0.3 is 9.84 Å². The van der Waals surface area contributed by atoms with Crippen molar-refractivity contribution in [1.29, 1.82) is 10.5 Å². The quantitative estimate of drug-likeness (QED) is 0.901. The normalized spacial score (nSPS) is 11.8. The topological polar surface area (TPSA) is 77.0 Å². The minimum atomic E-state index is -0.500. The maximum atomic E-state index is 9.75. The summed E-state index contributed by atoms with van der Waals surface area (Å²) in [5.74, 6) is -0.0569. The van der Waals surface area contributed by atoms with Gasteiger partial charge >= 0.3 is 0 Å². The van der Waals surface area contributed by atoms with Crippen molar-refractivity contribution in [3.8, 4) is 23.6 Å². The Bertz CT molecular complexity index is 601. The van der Waals surface area contributed by atoms with E-state index < -0.39 is 5.75 Å². The first-order chi connectivity index (χ1) is 9.33. The number of phenolic OH excluding ortho intramolecular Hbond substituents is 1. The van der Waals surface area contributed by atoms with Gasteiger partial charge in [0.1, 0.15) is 33.3 Å². The predicted octanol–water partition coefficient (Wildman–Crippen LogP) is 4.26. The Morgan fingerprint density at radius 2 is 1.65 bits per heavy atom. The molecule has 0 spiro atoms. The first kappa shape index (κ1) is 16.4. The van der Waals surface area contributed by atoms with E-state index in [1.165, 1.54) is 0 Å². The Labute approximate surface area is 128 Å². The molecule has 0 aliphatic rings. The zero-order valence-corrected chi connectivity index (χ0v) is 12.9. The zero-order chi connectivity index (χ0) is 15.4. The van der Waals surface area contributed by atoms with Crippen molar-refractivity contribution < 1.29 is 9.84 Å². The van der Waals surface area contributed by atoms with Gasteiger partial charge in [0.25, 0.3) is 0 Å². The maximum absolute atomic E-state index is 9.75. The minimum Gasteiger partial charge on any atom is -0.505 e. The van der Waals surface area contributed by atoms with Crippen molar-refractivity contribution >= 4 is 23.2 Å². The lowest BCUT2D eigenvalue weighted by Crippen LogP contribution is -2.16. The number of hydrogen-bond acceptors (Lipinski definition) is 4. The number of nitriles is 2. The lowest BCUT2D eigenvalue weighted by atomic mass is 10.1. The van der Waals surface area contributed by atoms with E-state index in [9.17, 15) is 10.4 Å². The van der Waals surface area contributed by atoms with Gasteiger partial charge in [-0.3, -0.25) is 0 Å². The molecule has 0 aliphatic carbocycles. The van der Waals surface area contributed by atoms with E-state index in [4.69, 9.17) is 33.2 Å². The number of nitrogens with zero attached hydrogens (tertiary/aromatic N) is 2. The standard InChI is InChI=1S/C14H14Cl2N2O2/c1-7(2)4-8(3)20-14-10(6-18)9(5-17)13(19)11(15)12(14)16/h7-8,19H,4H2,1-3H3. The van der Waals surface area contributed by atoms with Gasteiger partial charge in [-0.1, -0.05) is 37.0 Å². The predicted molar refractivity (Wildman–Crippen MR) is 77.1 cm³/mol. The highest BCUT2D eigenvalue weighted by Gasteiger charge is 2.24. The second-order valence-corrected chi connectivity index (χ2v) is 5.59. The molecule has 1 aromatic rings. The highest BCUT2D eigenvalue weighted by atomic mass is 35.5. The Morgan fingerprint density at radius 1 is 1.10 bits per heavy atom. The summed E-state index contributed by atoms with van der Waals surface area (Å²) in [4.78, 5) is 0. The minimum absolute atomic E-state index is 0.0432. The lowest BCUT2D eigenvalue weighted by Gasteiger charge is -2.19. The average molecular weight is 313 g/mol. The molecule has 1 aromatic carbocycles. The largest absolute Gasteiger partial charge is 0.505 e. The monoisotopic (exact) mass is 312 g/mol. The van der Waals surface area contributed by atoms with E-state index in [2.05, 4.69) is 0 Å². The number of rotatable bonds is 4. The van der Waals surface area contributed by atoms with E-state index in [0.717, 1.165) is 6.42 Å². The van der Waals surface area contributed by atoms with E-state index in [1.807, 2.05) is 26.8 Å². The molecular formula is C14H14Cl2N2O2. The molecule has 6 heteroatoms. The van der Waals surface area contributed by atoms with Crippen LogP contribution in [0.2, 0.25) is 10.0 Å². The van der Waals surface area contributed by atoms with Crippen LogP contribution in [-0.4, -0.2) is 11.2 Å². The van der Waals surface area contributed by atoms with Crippen molar-refractivity contribution in [2.75, 3.05) is 0 Å². The van der Waals surface area contributed by atoms with Crippen LogP contribution < -0.4 is 4.74 Å². The molecule has 0 amide bonds. The Hall–Kier alpha value is -1.62. The number of aromatic hydroxyl groups is 1. The van der Waals surface area contributed by atoms with Crippen LogP contribution in [0.4, 0.5) is 0 Å². The summed E-state index contributed by atoms with van der Waals surface area (Å²) >= 11 is 11.9. The Kier molecular flexibility index (Phi) is 5.51. The van der Waals surface area contributed by atoms with Crippen LogP contribution in [0.1, 0.15) is 38.3 Å². The highest BCUT2D eigenvalue weighted by molar-refractivity contribution is 6.44. The number of halogens is 2. The number of benzene rings is 1. The van der Waals surface area contributed by atoms with Crippen molar-refractivity contribution in [1.82, 2.24) is 0 Å². The van der Waals surface area contributed by atoms with Crippen molar-refractivity contribution in [2.24, 2.45) is 5.92 Å². The molecule has 0 saturated carbocycles. The fourth-order valence-electron chi connectivity index (χ4n) is 1.89. The first-order valence-electron chi connectivity index (χ1n) is 6.04. The van der Waals surface area contributed by atoms with Gasteiger partial charge in [-0.2, -0.15) is 10.5 Å². The second kappa shape index (κ2) is 6.70. The summed E-state index contributed by atoms with van der Waals surface area (Å²) in [6.45, 7) is 5.92. The molecule has 106 valence electrons. The van der Waals surface area contributed by atoms with Crippen molar-refractivity contribution in [3.05, 3.63) is 21.2 Å². The second-order valence-electron chi connectivity index (χ2n) is 4.84. The SMILES string of the molecule is CC(C)CC(C)Oc1c(Cl)c(Cl)c(O)c(C#N)c1C#N. The molecule has 0 aliphatic heterocycles. The molecule has 0 fully saturated rings. The van der Waals surface area contributed by atoms with Gasteiger partial charge in [0.2, 0.25) is 0 Å².